The Hall–Kier alpha value is -4.79. The Bertz CT molecular complexity index is 1520. The van der Waals surface area contributed by atoms with Crippen molar-refractivity contribution in [1.82, 2.24) is 4.90 Å². The zero-order valence-corrected chi connectivity index (χ0v) is 20.4. The molecule has 190 valence electrons. The Balaban J connectivity index is 1.29. The lowest BCUT2D eigenvalue weighted by Gasteiger charge is -2.35. The number of nitrogens with zero attached hydrogens (tertiary/aromatic N) is 2. The zero-order chi connectivity index (χ0) is 26.0. The highest BCUT2D eigenvalue weighted by Gasteiger charge is 2.64. The van der Waals surface area contributed by atoms with Gasteiger partial charge >= 0.3 is 0 Å². The molecule has 4 atom stereocenters. The SMILES string of the molecule is COc1ccc(NC(=O)[C@H]2[C@H]3C(=O)N(c4ccc5c(c4)OCO5)C(=O)[C@@H]3[C@H]3c4ccccc4C=CN32)cc1. The molecule has 0 spiro atoms. The van der Waals surface area contributed by atoms with E-state index in [-0.39, 0.29) is 18.6 Å². The van der Waals surface area contributed by atoms with E-state index in [0.29, 0.717) is 28.6 Å². The van der Waals surface area contributed by atoms with Crippen molar-refractivity contribution in [2.75, 3.05) is 24.1 Å². The first-order valence-electron chi connectivity index (χ1n) is 12.3. The van der Waals surface area contributed by atoms with Gasteiger partial charge in [-0.3, -0.25) is 14.4 Å². The molecule has 0 bridgehead atoms. The maximum atomic E-state index is 14.0. The van der Waals surface area contributed by atoms with Crippen LogP contribution in [0.5, 0.6) is 17.2 Å². The molecule has 1 N–H and O–H groups in total. The van der Waals surface area contributed by atoms with Gasteiger partial charge in [0.1, 0.15) is 11.8 Å². The van der Waals surface area contributed by atoms with E-state index in [9.17, 15) is 14.4 Å². The number of carbonyl (C=O) groups excluding carboxylic acids is 3. The minimum absolute atomic E-state index is 0.0830. The summed E-state index contributed by atoms with van der Waals surface area (Å²) in [6, 6.07) is 18.4. The average Bonchev–Trinajstić information content (AvgIpc) is 3.62. The Kier molecular flexibility index (Phi) is 4.94. The van der Waals surface area contributed by atoms with Crippen molar-refractivity contribution in [2.45, 2.75) is 12.1 Å². The number of carbonyl (C=O) groups is 3. The molecule has 4 aliphatic heterocycles. The standard InChI is InChI=1S/C29H23N3O6/c1-36-19-9-6-17(7-10-19)30-27(33)26-24-23(25-20-5-3-2-4-16(20)12-13-31(25)26)28(34)32(29(24)35)18-8-11-21-22(14-18)38-15-37-21/h2-14,23-26H,15H2,1H3,(H,30,33)/t23-,24-,25+,26+/m0/s1. The van der Waals surface area contributed by atoms with Crippen molar-refractivity contribution < 1.29 is 28.6 Å². The second kappa shape index (κ2) is 8.37. The van der Waals surface area contributed by atoms with Crippen LogP contribution in [0.25, 0.3) is 6.08 Å². The van der Waals surface area contributed by atoms with Crippen LogP contribution in [0.1, 0.15) is 17.2 Å². The fraction of sp³-hybridized carbons (Fsp3) is 0.207. The molecule has 4 aliphatic rings. The van der Waals surface area contributed by atoms with Crippen LogP contribution in [0.3, 0.4) is 0 Å². The normalized spacial score (nSPS) is 24.2. The number of rotatable bonds is 4. The van der Waals surface area contributed by atoms with Gasteiger partial charge in [0.05, 0.1) is 30.7 Å². The molecule has 3 aromatic carbocycles. The second-order valence-electron chi connectivity index (χ2n) is 9.60. The van der Waals surface area contributed by atoms with Gasteiger partial charge in [-0.15, -0.1) is 0 Å². The quantitative estimate of drug-likeness (QED) is 0.537. The number of ether oxygens (including phenoxy) is 3. The number of hydrogen-bond acceptors (Lipinski definition) is 7. The van der Waals surface area contributed by atoms with Gasteiger partial charge < -0.3 is 24.4 Å². The maximum Gasteiger partial charge on any atom is 0.247 e. The lowest BCUT2D eigenvalue weighted by Crippen LogP contribution is -2.46. The number of methoxy groups -OCH3 is 1. The molecular formula is C29H23N3O6. The number of amides is 3. The summed E-state index contributed by atoms with van der Waals surface area (Å²) >= 11 is 0. The highest BCUT2D eigenvalue weighted by atomic mass is 16.7. The Morgan fingerprint density at radius 3 is 2.53 bits per heavy atom. The minimum Gasteiger partial charge on any atom is -0.497 e. The van der Waals surface area contributed by atoms with Crippen LogP contribution < -0.4 is 24.4 Å². The van der Waals surface area contributed by atoms with Gasteiger partial charge in [0, 0.05) is 18.0 Å². The van der Waals surface area contributed by atoms with E-state index in [2.05, 4.69) is 5.32 Å². The highest BCUT2D eigenvalue weighted by Crippen LogP contribution is 2.53. The van der Waals surface area contributed by atoms with E-state index in [4.69, 9.17) is 14.2 Å². The van der Waals surface area contributed by atoms with E-state index >= 15 is 0 Å². The number of hydrogen-bond donors (Lipinski definition) is 1. The number of imide groups is 1. The molecule has 2 saturated heterocycles. The molecular weight excluding hydrogens is 486 g/mol. The van der Waals surface area contributed by atoms with Crippen molar-refractivity contribution in [3.05, 3.63) is 84.1 Å². The Morgan fingerprint density at radius 1 is 0.947 bits per heavy atom. The predicted molar refractivity (Wildman–Crippen MR) is 138 cm³/mol. The first-order valence-corrected chi connectivity index (χ1v) is 12.3. The van der Waals surface area contributed by atoms with Gasteiger partial charge in [0.2, 0.25) is 24.5 Å². The third-order valence-corrected chi connectivity index (χ3v) is 7.70. The van der Waals surface area contributed by atoms with E-state index in [1.165, 1.54) is 4.90 Å². The molecule has 4 heterocycles. The third kappa shape index (κ3) is 3.21. The first-order chi connectivity index (χ1) is 18.5. The number of benzene rings is 3. The molecule has 0 unspecified atom stereocenters. The van der Waals surface area contributed by atoms with E-state index in [1.54, 1.807) is 49.6 Å². The molecule has 0 aliphatic carbocycles. The number of nitrogens with one attached hydrogen (secondary N) is 1. The molecule has 3 aromatic rings. The van der Waals surface area contributed by atoms with Crippen LogP contribution in [0.4, 0.5) is 11.4 Å². The van der Waals surface area contributed by atoms with Gasteiger partial charge in [-0.1, -0.05) is 24.3 Å². The molecule has 0 saturated carbocycles. The summed E-state index contributed by atoms with van der Waals surface area (Å²) in [5, 5.41) is 2.94. The molecule has 0 aromatic heterocycles. The summed E-state index contributed by atoms with van der Waals surface area (Å²) in [7, 11) is 1.57. The summed E-state index contributed by atoms with van der Waals surface area (Å²) in [5.41, 5.74) is 2.85. The Labute approximate surface area is 218 Å². The topological polar surface area (TPSA) is 97.4 Å². The molecule has 7 rings (SSSR count). The fourth-order valence-electron chi connectivity index (χ4n) is 6.03. The monoisotopic (exact) mass is 509 g/mol. The Morgan fingerprint density at radius 2 is 1.71 bits per heavy atom. The van der Waals surface area contributed by atoms with Crippen molar-refractivity contribution in [3.63, 3.8) is 0 Å². The van der Waals surface area contributed by atoms with Crippen LogP contribution in [0.2, 0.25) is 0 Å². The molecule has 9 nitrogen and oxygen atoms in total. The molecule has 9 heteroatoms. The summed E-state index contributed by atoms with van der Waals surface area (Å²) < 4.78 is 16.1. The summed E-state index contributed by atoms with van der Waals surface area (Å²) in [5.74, 6) is -1.00. The van der Waals surface area contributed by atoms with Crippen LogP contribution in [0.15, 0.2) is 72.9 Å². The van der Waals surface area contributed by atoms with E-state index in [0.717, 1.165) is 11.1 Å². The van der Waals surface area contributed by atoms with Gasteiger partial charge in [-0.25, -0.2) is 4.90 Å². The summed E-state index contributed by atoms with van der Waals surface area (Å²) in [6.45, 7) is 0.0830. The maximum absolute atomic E-state index is 14.0. The average molecular weight is 510 g/mol. The van der Waals surface area contributed by atoms with E-state index < -0.39 is 29.8 Å². The second-order valence-corrected chi connectivity index (χ2v) is 9.60. The van der Waals surface area contributed by atoms with Gasteiger partial charge in [-0.2, -0.15) is 0 Å². The van der Waals surface area contributed by atoms with Crippen LogP contribution in [-0.2, 0) is 14.4 Å². The molecule has 3 amide bonds. The number of anilines is 2. The zero-order valence-electron chi connectivity index (χ0n) is 20.4. The van der Waals surface area contributed by atoms with Crippen molar-refractivity contribution in [1.29, 1.82) is 0 Å². The van der Waals surface area contributed by atoms with Crippen LogP contribution in [0, 0.1) is 11.8 Å². The lowest BCUT2D eigenvalue weighted by molar-refractivity contribution is -0.128. The largest absolute Gasteiger partial charge is 0.497 e. The van der Waals surface area contributed by atoms with Crippen molar-refractivity contribution >= 4 is 35.2 Å². The highest BCUT2D eigenvalue weighted by molar-refractivity contribution is 6.24. The first kappa shape index (κ1) is 22.4. The molecule has 38 heavy (non-hydrogen) atoms. The van der Waals surface area contributed by atoms with Crippen molar-refractivity contribution in [3.8, 4) is 17.2 Å². The van der Waals surface area contributed by atoms with Crippen LogP contribution in [-0.4, -0.2) is 42.6 Å². The summed E-state index contributed by atoms with van der Waals surface area (Å²) in [6.07, 6.45) is 3.75. The van der Waals surface area contributed by atoms with Gasteiger partial charge in [0.25, 0.3) is 0 Å². The lowest BCUT2D eigenvalue weighted by atomic mass is 9.84. The summed E-state index contributed by atoms with van der Waals surface area (Å²) in [4.78, 5) is 44.8. The smallest absolute Gasteiger partial charge is 0.247 e. The van der Waals surface area contributed by atoms with Crippen molar-refractivity contribution in [2.24, 2.45) is 11.8 Å². The van der Waals surface area contributed by atoms with Gasteiger partial charge in [0.15, 0.2) is 11.5 Å². The van der Waals surface area contributed by atoms with Crippen LogP contribution >= 0.6 is 0 Å². The van der Waals surface area contributed by atoms with Gasteiger partial charge in [-0.05, 0) is 53.6 Å². The minimum atomic E-state index is -0.882. The number of fused-ring (bicyclic) bond motifs is 6. The van der Waals surface area contributed by atoms with E-state index in [1.807, 2.05) is 41.4 Å². The molecule has 0 radical (unpaired) electrons. The predicted octanol–water partition coefficient (Wildman–Crippen LogP) is 3.58. The molecule has 2 fully saturated rings. The fourth-order valence-corrected chi connectivity index (χ4v) is 6.03. The third-order valence-electron chi connectivity index (χ3n) is 7.70.